The van der Waals surface area contributed by atoms with Crippen LogP contribution in [0.3, 0.4) is 0 Å². The second kappa shape index (κ2) is 21.8. The molecule has 466 valence electrons. The van der Waals surface area contributed by atoms with Gasteiger partial charge in [0.05, 0.1) is 44.5 Å². The van der Waals surface area contributed by atoms with Crippen LogP contribution < -0.4 is 9.80 Å². The van der Waals surface area contributed by atoms with Crippen molar-refractivity contribution in [3.63, 3.8) is 0 Å². The first-order valence-corrected chi connectivity index (χ1v) is 34.0. The number of furan rings is 2. The molecule has 6 nitrogen and oxygen atoms in total. The number of aryl methyl sites for hydroxylation is 2. The van der Waals surface area contributed by atoms with Crippen LogP contribution in [-0.2, 0) is 0 Å². The summed E-state index contributed by atoms with van der Waals surface area (Å²) in [4.78, 5) is 4.68. The van der Waals surface area contributed by atoms with E-state index in [1.54, 1.807) is 0 Å². The van der Waals surface area contributed by atoms with Gasteiger partial charge in [0.25, 0.3) is 0 Å². The van der Waals surface area contributed by atoms with E-state index in [0.717, 1.165) is 112 Å². The predicted octanol–water partition coefficient (Wildman–Crippen LogP) is 26.5. The van der Waals surface area contributed by atoms with Crippen molar-refractivity contribution >= 4 is 155 Å². The van der Waals surface area contributed by atoms with Gasteiger partial charge in [-0.1, -0.05) is 243 Å². The van der Waals surface area contributed by atoms with Crippen molar-refractivity contribution in [2.45, 2.75) is 20.8 Å². The van der Waals surface area contributed by atoms with Gasteiger partial charge in [-0.25, -0.2) is 0 Å². The third-order valence-electron chi connectivity index (χ3n) is 20.9. The van der Waals surface area contributed by atoms with E-state index in [4.69, 9.17) is 8.83 Å². The maximum atomic E-state index is 6.75. The highest BCUT2D eigenvalue weighted by Gasteiger charge is 2.32. The number of allylic oxidation sites excluding steroid dienone is 1. The highest BCUT2D eigenvalue weighted by Crippen LogP contribution is 2.55. The lowest BCUT2D eigenvalue weighted by molar-refractivity contribution is 0.603. The first-order chi connectivity index (χ1) is 48.9. The van der Waals surface area contributed by atoms with Crippen molar-refractivity contribution in [3.8, 4) is 44.5 Å². The van der Waals surface area contributed by atoms with Gasteiger partial charge in [0.1, 0.15) is 11.3 Å². The van der Waals surface area contributed by atoms with Crippen LogP contribution in [0.5, 0.6) is 0 Å². The number of para-hydroxylation sites is 5. The zero-order chi connectivity index (χ0) is 65.7. The average Bonchev–Trinajstić information content (AvgIpc) is 1.50. The Morgan fingerprint density at radius 2 is 0.737 bits per heavy atom. The number of nitrogens with zero attached hydrogens (tertiary/aromatic N) is 4. The molecule has 20 rings (SSSR count). The van der Waals surface area contributed by atoms with Gasteiger partial charge in [-0.05, 0) is 138 Å². The lowest BCUT2D eigenvalue weighted by atomic mass is 9.89. The van der Waals surface area contributed by atoms with Gasteiger partial charge in [0.15, 0.2) is 11.2 Å². The topological polar surface area (TPSA) is 41.6 Å². The highest BCUT2D eigenvalue weighted by molar-refractivity contribution is 6.38. The van der Waals surface area contributed by atoms with Gasteiger partial charge < -0.3 is 27.4 Å². The fraction of sp³-hybridized carbons (Fsp3) is 0.0323. The molecule has 0 atom stereocenters. The third kappa shape index (κ3) is 8.24. The third-order valence-corrected chi connectivity index (χ3v) is 20.9. The Morgan fingerprint density at radius 1 is 0.333 bits per heavy atom. The summed E-state index contributed by atoms with van der Waals surface area (Å²) in [7, 11) is 0. The standard InChI is InChI=1S/C93H62N4O2/c1-5-23-70-74-50-38-56(3)86(92(74)98-80(70)6-2)94(64-28-15-9-16-29-64)66-46-40-58(41-47-66)62-44-52-68-72-33-21-35-76-84-83(61-26-13-8-14-27-61)91-85(82(60-24-11-7-12-25-60)90(84)96(88(72)76)78(68)54-62)77-36-22-34-73-69-53-45-63(55-79(69)97(91)89(73)77)59-42-48-67(49-43-59)95(65-30-17-10-18-31-65)87-57(4)39-51-75-71-32-19-20-37-81(71)99-93(75)87/h5-55H,2H2,1,3-4H3/b23-5-. The number of aromatic nitrogens is 2. The molecule has 20 aromatic rings. The smallest absolute Gasteiger partial charge is 0.159 e. The molecule has 0 aliphatic carbocycles. The fourth-order valence-corrected chi connectivity index (χ4v) is 16.6. The molecule has 0 radical (unpaired) electrons. The van der Waals surface area contributed by atoms with Gasteiger partial charge in [-0.15, -0.1) is 0 Å². The van der Waals surface area contributed by atoms with Crippen LogP contribution in [0.4, 0.5) is 34.1 Å². The maximum absolute atomic E-state index is 6.75. The number of benzene rings is 14. The van der Waals surface area contributed by atoms with E-state index in [0.29, 0.717) is 0 Å². The second-order valence-electron chi connectivity index (χ2n) is 26.3. The Bertz CT molecular complexity index is 6670. The molecule has 0 saturated carbocycles. The number of fused-ring (bicyclic) bond motifs is 16. The van der Waals surface area contributed by atoms with Crippen LogP contribution >= 0.6 is 0 Å². The quantitative estimate of drug-likeness (QED) is 0.122. The number of hydrogen-bond acceptors (Lipinski definition) is 4. The van der Waals surface area contributed by atoms with E-state index < -0.39 is 0 Å². The molecule has 99 heavy (non-hydrogen) atoms. The minimum Gasteiger partial charge on any atom is -0.454 e. The van der Waals surface area contributed by atoms with Gasteiger partial charge >= 0.3 is 0 Å². The fourth-order valence-electron chi connectivity index (χ4n) is 16.6. The molecular weight excluding hydrogens is 1210 g/mol. The van der Waals surface area contributed by atoms with Crippen LogP contribution in [-0.4, -0.2) is 8.80 Å². The Kier molecular flexibility index (Phi) is 12.4. The molecule has 6 heteroatoms. The monoisotopic (exact) mass is 1270 g/mol. The molecule has 0 bridgehead atoms. The zero-order valence-corrected chi connectivity index (χ0v) is 54.8. The summed E-state index contributed by atoms with van der Waals surface area (Å²) >= 11 is 0. The van der Waals surface area contributed by atoms with Crippen molar-refractivity contribution in [1.82, 2.24) is 8.80 Å². The van der Waals surface area contributed by atoms with Gasteiger partial charge in [-0.3, -0.25) is 0 Å². The summed E-state index contributed by atoms with van der Waals surface area (Å²) in [6.07, 6.45) is 5.98. The molecule has 0 unspecified atom stereocenters. The Balaban J connectivity index is 0.792. The summed E-state index contributed by atoms with van der Waals surface area (Å²) in [5, 5.41) is 13.1. The van der Waals surface area contributed by atoms with Crippen LogP contribution in [0.2, 0.25) is 0 Å². The van der Waals surface area contributed by atoms with Crippen molar-refractivity contribution in [2.24, 2.45) is 0 Å². The van der Waals surface area contributed by atoms with Crippen molar-refractivity contribution < 1.29 is 8.83 Å². The van der Waals surface area contributed by atoms with Gasteiger partial charge in [0, 0.05) is 98.7 Å². The molecule has 6 aromatic heterocycles. The molecular formula is C93H62N4O2. The number of anilines is 6. The van der Waals surface area contributed by atoms with Gasteiger partial charge in [-0.2, -0.15) is 0 Å². The number of hydrogen-bond donors (Lipinski definition) is 0. The summed E-state index contributed by atoms with van der Waals surface area (Å²) in [6, 6.07) is 107. The maximum Gasteiger partial charge on any atom is 0.159 e. The Hall–Kier alpha value is -12.9. The molecule has 14 aromatic carbocycles. The SMILES string of the molecule is C=Cc1oc2c(N(c3ccccc3)c3ccc(-c4ccc5c6cccc7c8c(-c9ccccc9)c9c(c(-c%10ccccc%10)c8n(c5c4)c67)c4cccc5c6ccc(-c7ccc(N(c8ccccc8)c8c(C)ccc%10c8oc8ccccc8%10)cc7)cc6n9c54)cc3)c(C)ccc2c1/C=C\C. The molecule has 0 amide bonds. The summed E-state index contributed by atoms with van der Waals surface area (Å²) in [5.74, 6) is 0.757. The Morgan fingerprint density at radius 3 is 1.22 bits per heavy atom. The normalized spacial score (nSPS) is 12.2. The lowest BCUT2D eigenvalue weighted by Crippen LogP contribution is -2.11. The molecule has 0 spiro atoms. The van der Waals surface area contributed by atoms with Crippen molar-refractivity contribution in [2.75, 3.05) is 9.80 Å². The predicted molar refractivity (Wildman–Crippen MR) is 418 cm³/mol. The van der Waals surface area contributed by atoms with Crippen LogP contribution in [0.15, 0.2) is 313 Å². The van der Waals surface area contributed by atoms with E-state index >= 15 is 0 Å². The Labute approximate surface area is 571 Å². The minimum atomic E-state index is 0.757. The highest BCUT2D eigenvalue weighted by atomic mass is 16.3. The number of rotatable bonds is 12. The van der Waals surface area contributed by atoms with Crippen molar-refractivity contribution in [1.29, 1.82) is 0 Å². The minimum absolute atomic E-state index is 0.757. The largest absolute Gasteiger partial charge is 0.454 e. The van der Waals surface area contributed by atoms with Crippen LogP contribution in [0.1, 0.15) is 29.4 Å². The average molecular weight is 1270 g/mol. The molecule has 6 heterocycles. The van der Waals surface area contributed by atoms with Crippen molar-refractivity contribution in [3.05, 3.63) is 326 Å². The first kappa shape index (κ1) is 56.4. The van der Waals surface area contributed by atoms with E-state index in [2.05, 4.69) is 336 Å². The molecule has 0 aliphatic rings. The van der Waals surface area contributed by atoms with E-state index in [9.17, 15) is 0 Å². The van der Waals surface area contributed by atoms with Gasteiger partial charge in [0.2, 0.25) is 0 Å². The summed E-state index contributed by atoms with van der Waals surface area (Å²) in [6.45, 7) is 10.5. The second-order valence-corrected chi connectivity index (χ2v) is 26.3. The molecule has 0 aliphatic heterocycles. The van der Waals surface area contributed by atoms with E-state index in [-0.39, 0.29) is 0 Å². The van der Waals surface area contributed by atoms with E-state index in [1.165, 1.54) is 98.4 Å². The molecule has 0 N–H and O–H groups in total. The van der Waals surface area contributed by atoms with Crippen LogP contribution in [0, 0.1) is 13.8 Å². The molecule has 0 fully saturated rings. The van der Waals surface area contributed by atoms with Crippen LogP contribution in [0.25, 0.3) is 166 Å². The first-order valence-electron chi connectivity index (χ1n) is 34.0. The zero-order valence-electron chi connectivity index (χ0n) is 54.8. The lowest BCUT2D eigenvalue weighted by Gasteiger charge is -2.27. The molecule has 0 saturated heterocycles. The summed E-state index contributed by atoms with van der Waals surface area (Å²) < 4.78 is 18.7. The van der Waals surface area contributed by atoms with E-state index in [1.807, 2.05) is 19.1 Å². The summed E-state index contributed by atoms with van der Waals surface area (Å²) in [5.41, 5.74) is 28.6.